The second-order valence-corrected chi connectivity index (χ2v) is 3.12. The van der Waals surface area contributed by atoms with Gasteiger partial charge in [0.05, 0.1) is 4.47 Å². The molecule has 0 saturated heterocycles. The lowest BCUT2D eigenvalue weighted by Crippen LogP contribution is -2.14. The topological polar surface area (TPSA) is 38.4 Å². The molecular formula is C8H7BrF2N2. The first-order valence-corrected chi connectivity index (χ1v) is 4.23. The van der Waals surface area contributed by atoms with E-state index in [9.17, 15) is 8.78 Å². The zero-order chi connectivity index (χ0) is 10.0. The van der Waals surface area contributed by atoms with Crippen LogP contribution in [0.5, 0.6) is 0 Å². The van der Waals surface area contributed by atoms with E-state index in [1.165, 1.54) is 13.1 Å². The Morgan fingerprint density at radius 3 is 2.62 bits per heavy atom. The first-order chi connectivity index (χ1) is 6.07. The molecule has 0 unspecified atom stereocenters. The third-order valence-electron chi connectivity index (χ3n) is 1.55. The minimum absolute atomic E-state index is 0.00407. The maximum absolute atomic E-state index is 13.0. The lowest BCUT2D eigenvalue weighted by Gasteiger charge is -2.04. The van der Waals surface area contributed by atoms with Gasteiger partial charge in [0.15, 0.2) is 11.6 Å². The van der Waals surface area contributed by atoms with E-state index in [0.717, 1.165) is 6.07 Å². The summed E-state index contributed by atoms with van der Waals surface area (Å²) in [6.07, 6.45) is 0. The van der Waals surface area contributed by atoms with Crippen LogP contribution < -0.4 is 5.73 Å². The minimum Gasteiger partial charge on any atom is -0.383 e. The highest BCUT2D eigenvalue weighted by Crippen LogP contribution is 2.22. The van der Waals surface area contributed by atoms with Gasteiger partial charge < -0.3 is 5.73 Å². The van der Waals surface area contributed by atoms with Crippen molar-refractivity contribution >= 4 is 21.8 Å². The molecule has 0 fully saturated rings. The summed E-state index contributed by atoms with van der Waals surface area (Å²) in [7, 11) is 1.48. The Balaban J connectivity index is 3.34. The molecule has 5 heteroatoms. The van der Waals surface area contributed by atoms with Crippen molar-refractivity contribution in [1.82, 2.24) is 0 Å². The van der Waals surface area contributed by atoms with Crippen LogP contribution in [0, 0.1) is 11.6 Å². The van der Waals surface area contributed by atoms with Crippen LogP contribution in [0.15, 0.2) is 21.6 Å². The normalized spacial score (nSPS) is 11.8. The molecule has 2 N–H and O–H groups in total. The van der Waals surface area contributed by atoms with Gasteiger partial charge >= 0.3 is 0 Å². The molecule has 0 aliphatic carbocycles. The van der Waals surface area contributed by atoms with Crippen LogP contribution >= 0.6 is 15.9 Å². The summed E-state index contributed by atoms with van der Waals surface area (Å²) < 4.78 is 25.6. The number of nitrogens with zero attached hydrogens (tertiary/aromatic N) is 1. The van der Waals surface area contributed by atoms with Crippen molar-refractivity contribution in [3.05, 3.63) is 33.8 Å². The van der Waals surface area contributed by atoms with Gasteiger partial charge in [0.1, 0.15) is 5.84 Å². The van der Waals surface area contributed by atoms with Crippen molar-refractivity contribution in [2.75, 3.05) is 7.05 Å². The number of aliphatic imine (C=N–C) groups is 1. The number of benzene rings is 1. The van der Waals surface area contributed by atoms with Crippen molar-refractivity contribution in [3.8, 4) is 0 Å². The van der Waals surface area contributed by atoms with Gasteiger partial charge in [-0.1, -0.05) is 0 Å². The highest BCUT2D eigenvalue weighted by Gasteiger charge is 2.12. The zero-order valence-corrected chi connectivity index (χ0v) is 8.40. The smallest absolute Gasteiger partial charge is 0.173 e. The molecule has 0 heterocycles. The molecular weight excluding hydrogens is 242 g/mol. The number of nitrogens with two attached hydrogens (primary N) is 1. The molecule has 1 aromatic carbocycles. The summed E-state index contributed by atoms with van der Waals surface area (Å²) >= 11 is 2.90. The minimum atomic E-state index is -0.955. The van der Waals surface area contributed by atoms with E-state index < -0.39 is 11.6 Å². The van der Waals surface area contributed by atoms with Crippen LogP contribution in [0.1, 0.15) is 5.56 Å². The van der Waals surface area contributed by atoms with E-state index in [4.69, 9.17) is 5.73 Å². The molecule has 0 radical (unpaired) electrons. The average molecular weight is 249 g/mol. The van der Waals surface area contributed by atoms with Gasteiger partial charge in [-0.05, 0) is 28.1 Å². The third kappa shape index (κ3) is 1.85. The van der Waals surface area contributed by atoms with Crippen LogP contribution in [-0.4, -0.2) is 12.9 Å². The third-order valence-corrected chi connectivity index (χ3v) is 2.33. The van der Waals surface area contributed by atoms with E-state index in [-0.39, 0.29) is 10.3 Å². The summed E-state index contributed by atoms with van der Waals surface area (Å²) in [6, 6.07) is 2.37. The maximum Gasteiger partial charge on any atom is 0.173 e. The Morgan fingerprint density at radius 1 is 1.46 bits per heavy atom. The van der Waals surface area contributed by atoms with Gasteiger partial charge in [-0.25, -0.2) is 8.78 Å². The first-order valence-electron chi connectivity index (χ1n) is 3.44. The second-order valence-electron chi connectivity index (χ2n) is 2.33. The molecule has 1 aromatic rings. The molecule has 70 valence electrons. The number of halogens is 3. The van der Waals surface area contributed by atoms with Crippen molar-refractivity contribution in [2.24, 2.45) is 10.7 Å². The van der Waals surface area contributed by atoms with E-state index in [0.29, 0.717) is 5.56 Å². The molecule has 13 heavy (non-hydrogen) atoms. The van der Waals surface area contributed by atoms with Gasteiger partial charge in [-0.15, -0.1) is 0 Å². The van der Waals surface area contributed by atoms with Gasteiger partial charge in [-0.3, -0.25) is 4.99 Å². The van der Waals surface area contributed by atoms with Gasteiger partial charge in [0, 0.05) is 12.6 Å². The summed E-state index contributed by atoms with van der Waals surface area (Å²) in [4.78, 5) is 3.67. The molecule has 0 aliphatic rings. The van der Waals surface area contributed by atoms with Crippen molar-refractivity contribution in [3.63, 3.8) is 0 Å². The molecule has 0 aromatic heterocycles. The average Bonchev–Trinajstić information content (AvgIpc) is 2.13. The predicted molar refractivity (Wildman–Crippen MR) is 50.7 cm³/mol. The Morgan fingerprint density at radius 2 is 2.08 bits per heavy atom. The Kier molecular flexibility index (Phi) is 2.98. The molecule has 0 atom stereocenters. The van der Waals surface area contributed by atoms with E-state index >= 15 is 0 Å². The highest BCUT2D eigenvalue weighted by atomic mass is 79.9. The van der Waals surface area contributed by atoms with Crippen LogP contribution in [-0.2, 0) is 0 Å². The Hall–Kier alpha value is -0.970. The standard InChI is InChI=1S/C8H7BrF2N2/c1-13-8(12)4-2-3-5(10)7(11)6(4)9/h2-3H,1H3,(H2,12,13). The van der Waals surface area contributed by atoms with Crippen LogP contribution in [0.4, 0.5) is 8.78 Å². The Labute approximate surface area is 82.6 Å². The van der Waals surface area contributed by atoms with Gasteiger partial charge in [0.25, 0.3) is 0 Å². The fourth-order valence-corrected chi connectivity index (χ4v) is 1.37. The van der Waals surface area contributed by atoms with Crippen molar-refractivity contribution in [2.45, 2.75) is 0 Å². The van der Waals surface area contributed by atoms with E-state index in [2.05, 4.69) is 20.9 Å². The van der Waals surface area contributed by atoms with E-state index in [1.54, 1.807) is 0 Å². The number of hydrogen-bond donors (Lipinski definition) is 1. The van der Waals surface area contributed by atoms with Gasteiger partial charge in [-0.2, -0.15) is 0 Å². The Bertz CT molecular complexity index is 363. The van der Waals surface area contributed by atoms with Crippen molar-refractivity contribution < 1.29 is 8.78 Å². The first kappa shape index (κ1) is 10.1. The molecule has 0 amide bonds. The van der Waals surface area contributed by atoms with Crippen LogP contribution in [0.2, 0.25) is 0 Å². The number of hydrogen-bond acceptors (Lipinski definition) is 1. The largest absolute Gasteiger partial charge is 0.383 e. The fraction of sp³-hybridized carbons (Fsp3) is 0.125. The summed E-state index contributed by atoms with van der Waals surface area (Å²) in [5.41, 5.74) is 5.79. The molecule has 1 rings (SSSR count). The summed E-state index contributed by atoms with van der Waals surface area (Å²) in [5, 5.41) is 0. The number of rotatable bonds is 1. The summed E-state index contributed by atoms with van der Waals surface area (Å²) in [6.45, 7) is 0. The molecule has 0 saturated carbocycles. The molecule has 2 nitrogen and oxygen atoms in total. The zero-order valence-electron chi connectivity index (χ0n) is 6.81. The fourth-order valence-electron chi connectivity index (χ4n) is 0.844. The lowest BCUT2D eigenvalue weighted by atomic mass is 10.2. The second kappa shape index (κ2) is 3.83. The predicted octanol–water partition coefficient (Wildman–Crippen LogP) is 2.06. The maximum atomic E-state index is 13.0. The summed E-state index contributed by atoms with van der Waals surface area (Å²) in [5.74, 6) is -1.71. The van der Waals surface area contributed by atoms with Crippen molar-refractivity contribution in [1.29, 1.82) is 0 Å². The SMILES string of the molecule is CN=C(N)c1ccc(F)c(F)c1Br. The van der Waals surface area contributed by atoms with Gasteiger partial charge in [0.2, 0.25) is 0 Å². The molecule has 0 aliphatic heterocycles. The number of amidine groups is 1. The van der Waals surface area contributed by atoms with E-state index in [1.807, 2.05) is 0 Å². The van der Waals surface area contributed by atoms with Crippen LogP contribution in [0.25, 0.3) is 0 Å². The lowest BCUT2D eigenvalue weighted by molar-refractivity contribution is 0.504. The highest BCUT2D eigenvalue weighted by molar-refractivity contribution is 9.10. The quantitative estimate of drug-likeness (QED) is 0.461. The van der Waals surface area contributed by atoms with Crippen LogP contribution in [0.3, 0.4) is 0 Å². The molecule has 0 spiro atoms. The monoisotopic (exact) mass is 248 g/mol. The molecule has 0 bridgehead atoms.